The van der Waals surface area contributed by atoms with E-state index in [0.717, 1.165) is 59.6 Å². The highest BCUT2D eigenvalue weighted by atomic mass is 16.5. The molecular weight excluding hydrogens is 490 g/mol. The normalized spacial score (nSPS) is 23.6. The Hall–Kier alpha value is -4.14. The fourth-order valence-electron chi connectivity index (χ4n) is 6.62. The maximum atomic E-state index is 12.3. The smallest absolute Gasteiger partial charge is 0.254 e. The van der Waals surface area contributed by atoms with Crippen LogP contribution in [-0.4, -0.2) is 45.0 Å². The summed E-state index contributed by atoms with van der Waals surface area (Å²) in [6.45, 7) is 4.07. The van der Waals surface area contributed by atoms with Crippen LogP contribution in [0.15, 0.2) is 59.5 Å². The van der Waals surface area contributed by atoms with E-state index in [2.05, 4.69) is 43.6 Å². The molecule has 2 aliphatic carbocycles. The lowest BCUT2D eigenvalue weighted by molar-refractivity contribution is 0.0625. The van der Waals surface area contributed by atoms with E-state index in [-0.39, 0.29) is 16.5 Å². The van der Waals surface area contributed by atoms with Crippen LogP contribution in [0, 0.1) is 12.3 Å². The number of nitrogen functional groups attached to an aromatic ring is 1. The molecule has 4 aromatic rings. The zero-order valence-electron chi connectivity index (χ0n) is 22.4. The van der Waals surface area contributed by atoms with E-state index in [4.69, 9.17) is 10.5 Å². The van der Waals surface area contributed by atoms with Gasteiger partial charge >= 0.3 is 0 Å². The van der Waals surface area contributed by atoms with Crippen molar-refractivity contribution in [3.63, 3.8) is 0 Å². The molecule has 0 spiro atoms. The highest BCUT2D eigenvalue weighted by molar-refractivity contribution is 5.99. The average molecular weight is 524 g/mol. The summed E-state index contributed by atoms with van der Waals surface area (Å²) >= 11 is 0. The predicted molar refractivity (Wildman–Crippen MR) is 152 cm³/mol. The van der Waals surface area contributed by atoms with Crippen molar-refractivity contribution < 1.29 is 4.74 Å². The molecule has 0 radical (unpaired) electrons. The van der Waals surface area contributed by atoms with E-state index in [9.17, 15) is 4.79 Å². The quantitative estimate of drug-likeness (QED) is 0.356. The van der Waals surface area contributed by atoms with Crippen molar-refractivity contribution in [2.45, 2.75) is 44.1 Å². The van der Waals surface area contributed by atoms with Crippen LogP contribution >= 0.6 is 0 Å². The summed E-state index contributed by atoms with van der Waals surface area (Å²) in [5.41, 5.74) is 8.99. The van der Waals surface area contributed by atoms with Gasteiger partial charge in [0.2, 0.25) is 0 Å². The zero-order chi connectivity index (χ0) is 26.8. The number of anilines is 3. The SMILES string of the molecule is Cc1cc(OCC23CN(c4ccc(C5CC5)nn4)C(CNc4cccc5c(N)nccc45)(C2)C3)cc(=O)n1C. The van der Waals surface area contributed by atoms with Gasteiger partial charge in [0.25, 0.3) is 5.56 Å². The van der Waals surface area contributed by atoms with Crippen molar-refractivity contribution in [2.24, 2.45) is 12.5 Å². The molecule has 5 heterocycles. The van der Waals surface area contributed by atoms with Gasteiger partial charge in [-0.3, -0.25) is 4.79 Å². The first-order valence-electron chi connectivity index (χ1n) is 13.6. The van der Waals surface area contributed by atoms with E-state index in [1.165, 1.54) is 12.8 Å². The molecule has 39 heavy (non-hydrogen) atoms. The first-order chi connectivity index (χ1) is 18.8. The minimum Gasteiger partial charge on any atom is -0.493 e. The van der Waals surface area contributed by atoms with Crippen LogP contribution in [0.3, 0.4) is 0 Å². The van der Waals surface area contributed by atoms with E-state index in [0.29, 0.717) is 24.1 Å². The van der Waals surface area contributed by atoms with Crippen molar-refractivity contribution in [1.29, 1.82) is 0 Å². The molecule has 0 atom stereocenters. The molecule has 200 valence electrons. The summed E-state index contributed by atoms with van der Waals surface area (Å²) in [7, 11) is 1.78. The second-order valence-corrected chi connectivity index (χ2v) is 11.7. The van der Waals surface area contributed by atoms with Gasteiger partial charge in [0.05, 0.1) is 17.8 Å². The first-order valence-corrected chi connectivity index (χ1v) is 13.6. The van der Waals surface area contributed by atoms with Gasteiger partial charge in [-0.25, -0.2) is 4.98 Å². The standard InChI is InChI=1S/C30H33N7O2/c1-19-12-21(13-27(38)36(19)2)39-18-29-14-30(15-29,37(17-29)26-9-8-24(34-35-26)20-6-7-20)16-33-25-5-3-4-23-22(25)10-11-32-28(23)31/h3-5,8-13,20,33H,6-7,14-18H2,1-2H3,(H2,31,32). The summed E-state index contributed by atoms with van der Waals surface area (Å²) in [5, 5.41) is 15.0. The molecular formula is C30H33N7O2. The van der Waals surface area contributed by atoms with Gasteiger partial charge in [0, 0.05) is 65.9 Å². The Kier molecular flexibility index (Phi) is 5.33. The lowest BCUT2D eigenvalue weighted by Crippen LogP contribution is -2.55. The topological polar surface area (TPSA) is 111 Å². The molecule has 9 heteroatoms. The summed E-state index contributed by atoms with van der Waals surface area (Å²) in [4.78, 5) is 19.0. The Morgan fingerprint density at radius 1 is 1.10 bits per heavy atom. The largest absolute Gasteiger partial charge is 0.493 e. The number of ether oxygens (including phenoxy) is 1. The van der Waals surface area contributed by atoms with Crippen molar-refractivity contribution in [3.8, 4) is 5.75 Å². The Morgan fingerprint density at radius 2 is 1.95 bits per heavy atom. The minimum absolute atomic E-state index is 0.0133. The lowest BCUT2D eigenvalue weighted by Gasteiger charge is -2.48. The van der Waals surface area contributed by atoms with Gasteiger partial charge in [0.1, 0.15) is 11.6 Å². The minimum atomic E-state index is -0.109. The van der Waals surface area contributed by atoms with E-state index in [1.807, 2.05) is 31.2 Å². The van der Waals surface area contributed by atoms with Gasteiger partial charge < -0.3 is 25.3 Å². The fourth-order valence-corrected chi connectivity index (χ4v) is 6.62. The number of aromatic nitrogens is 4. The number of aryl methyl sites for hydroxylation is 1. The molecule has 2 aliphatic heterocycles. The Labute approximate surface area is 227 Å². The van der Waals surface area contributed by atoms with Crippen LogP contribution in [0.4, 0.5) is 17.3 Å². The van der Waals surface area contributed by atoms with Crippen LogP contribution in [-0.2, 0) is 7.05 Å². The van der Waals surface area contributed by atoms with Gasteiger partial charge in [0.15, 0.2) is 5.82 Å². The number of rotatable bonds is 8. The summed E-state index contributed by atoms with van der Waals surface area (Å²) in [6, 6.07) is 15.9. The molecule has 3 aromatic heterocycles. The number of nitrogens with one attached hydrogen (secondary N) is 1. The number of nitrogens with two attached hydrogens (primary N) is 1. The number of nitrogens with zero attached hydrogens (tertiary/aromatic N) is 5. The maximum absolute atomic E-state index is 12.3. The lowest BCUT2D eigenvalue weighted by atomic mass is 9.62. The molecule has 0 amide bonds. The highest BCUT2D eigenvalue weighted by Gasteiger charge is 2.66. The van der Waals surface area contributed by atoms with Crippen LogP contribution in [0.1, 0.15) is 43.0 Å². The molecule has 9 nitrogen and oxygen atoms in total. The monoisotopic (exact) mass is 523 g/mol. The predicted octanol–water partition coefficient (Wildman–Crippen LogP) is 4.02. The molecule has 4 aliphatic rings. The number of hydrogen-bond donors (Lipinski definition) is 2. The third kappa shape index (κ3) is 4.07. The second-order valence-electron chi connectivity index (χ2n) is 11.7. The van der Waals surface area contributed by atoms with Crippen molar-refractivity contribution in [1.82, 2.24) is 19.7 Å². The van der Waals surface area contributed by atoms with Gasteiger partial charge in [-0.1, -0.05) is 12.1 Å². The summed E-state index contributed by atoms with van der Waals surface area (Å²) < 4.78 is 7.88. The van der Waals surface area contributed by atoms with Crippen molar-refractivity contribution >= 4 is 28.1 Å². The third-order valence-corrected chi connectivity index (χ3v) is 8.88. The van der Waals surface area contributed by atoms with Gasteiger partial charge in [-0.2, -0.15) is 5.10 Å². The number of benzene rings is 1. The van der Waals surface area contributed by atoms with Crippen molar-refractivity contribution in [3.05, 3.63) is 76.5 Å². The van der Waals surface area contributed by atoms with E-state index >= 15 is 0 Å². The third-order valence-electron chi connectivity index (χ3n) is 8.88. The summed E-state index contributed by atoms with van der Waals surface area (Å²) in [6.07, 6.45) is 6.11. The molecule has 8 rings (SSSR count). The Morgan fingerprint density at radius 3 is 2.69 bits per heavy atom. The number of fused-ring (bicyclic) bond motifs is 2. The molecule has 2 saturated carbocycles. The summed E-state index contributed by atoms with van der Waals surface area (Å²) in [5.74, 6) is 2.66. The molecule has 4 fully saturated rings. The maximum Gasteiger partial charge on any atom is 0.254 e. The number of pyridine rings is 2. The fraction of sp³-hybridized carbons (Fsp3) is 0.400. The van der Waals surface area contributed by atoms with Crippen LogP contribution in [0.5, 0.6) is 5.75 Å². The van der Waals surface area contributed by atoms with Crippen LogP contribution < -0.4 is 26.2 Å². The Bertz CT molecular complexity index is 1620. The average Bonchev–Trinajstić information content (AvgIpc) is 3.66. The van der Waals surface area contributed by atoms with E-state index in [1.54, 1.807) is 23.9 Å². The van der Waals surface area contributed by atoms with Crippen LogP contribution in [0.25, 0.3) is 10.8 Å². The first kappa shape index (κ1) is 23.9. The van der Waals surface area contributed by atoms with Gasteiger partial charge in [-0.05, 0) is 62.9 Å². The molecule has 0 unspecified atom stereocenters. The van der Waals surface area contributed by atoms with Crippen molar-refractivity contribution in [2.75, 3.05) is 35.6 Å². The molecule has 2 saturated heterocycles. The molecule has 3 N–H and O–H groups in total. The number of hydrogen-bond acceptors (Lipinski definition) is 8. The van der Waals surface area contributed by atoms with E-state index < -0.39 is 0 Å². The Balaban J connectivity index is 1.15. The molecule has 2 bridgehead atoms. The zero-order valence-corrected chi connectivity index (χ0v) is 22.4. The van der Waals surface area contributed by atoms with Crippen LogP contribution in [0.2, 0.25) is 0 Å². The molecule has 1 aromatic carbocycles. The highest BCUT2D eigenvalue weighted by Crippen LogP contribution is 2.60. The second kappa shape index (κ2) is 8.69. The van der Waals surface area contributed by atoms with Gasteiger partial charge in [-0.15, -0.1) is 5.10 Å².